The van der Waals surface area contributed by atoms with Crippen LogP contribution in [0.3, 0.4) is 0 Å². The Labute approximate surface area is 135 Å². The molecule has 2 aromatic heterocycles. The molecule has 6 heteroatoms. The molecule has 0 saturated heterocycles. The van der Waals surface area contributed by atoms with E-state index in [1.54, 1.807) is 11.3 Å². The average Bonchev–Trinajstić information content (AvgIpc) is 3.10. The minimum Gasteiger partial charge on any atom is -0.381 e. The average molecular weight is 320 g/mol. The van der Waals surface area contributed by atoms with E-state index in [1.807, 2.05) is 6.20 Å². The Kier molecular flexibility index (Phi) is 4.90. The highest BCUT2D eigenvalue weighted by Crippen LogP contribution is 2.29. The monoisotopic (exact) mass is 320 g/mol. The van der Waals surface area contributed by atoms with Crippen LogP contribution in [-0.4, -0.2) is 39.4 Å². The maximum Gasteiger partial charge on any atom is 0.0897 e. The van der Waals surface area contributed by atoms with Gasteiger partial charge < -0.3 is 4.74 Å². The lowest BCUT2D eigenvalue weighted by Gasteiger charge is -2.32. The van der Waals surface area contributed by atoms with Crippen LogP contribution in [-0.2, 0) is 24.4 Å². The van der Waals surface area contributed by atoms with E-state index in [0.717, 1.165) is 44.4 Å². The maximum atomic E-state index is 5.72. The molecular formula is C16H24N4OS. The maximum absolute atomic E-state index is 5.72. The fourth-order valence-electron chi connectivity index (χ4n) is 3.21. The van der Waals surface area contributed by atoms with E-state index in [9.17, 15) is 0 Å². The minimum atomic E-state index is 0.394. The number of hydrogen-bond acceptors (Lipinski definition) is 5. The van der Waals surface area contributed by atoms with Gasteiger partial charge in [0, 0.05) is 55.3 Å². The van der Waals surface area contributed by atoms with Crippen LogP contribution >= 0.6 is 11.3 Å². The first-order valence-corrected chi connectivity index (χ1v) is 8.84. The summed E-state index contributed by atoms with van der Waals surface area (Å²) in [6.07, 6.45) is 2.02. The fourth-order valence-corrected chi connectivity index (χ4v) is 3.81. The topological polar surface area (TPSA) is 43.2 Å². The molecule has 0 saturated carbocycles. The molecule has 0 aliphatic carbocycles. The smallest absolute Gasteiger partial charge is 0.0897 e. The molecule has 1 aliphatic rings. The van der Waals surface area contributed by atoms with Crippen molar-refractivity contribution in [2.45, 2.75) is 46.3 Å². The Bertz CT molecular complexity index is 621. The Morgan fingerprint density at radius 3 is 2.95 bits per heavy atom. The number of hydrogen-bond donors (Lipinski definition) is 0. The van der Waals surface area contributed by atoms with Gasteiger partial charge in [0.1, 0.15) is 0 Å². The van der Waals surface area contributed by atoms with Gasteiger partial charge in [-0.1, -0.05) is 0 Å². The van der Waals surface area contributed by atoms with Crippen molar-refractivity contribution in [1.82, 2.24) is 19.7 Å². The highest BCUT2D eigenvalue weighted by atomic mass is 32.1. The van der Waals surface area contributed by atoms with E-state index in [-0.39, 0.29) is 0 Å². The number of aryl methyl sites for hydroxylation is 2. The lowest BCUT2D eigenvalue weighted by molar-refractivity contribution is 0.102. The molecule has 5 nitrogen and oxygen atoms in total. The summed E-state index contributed by atoms with van der Waals surface area (Å²) in [5, 5.41) is 7.84. The molecular weight excluding hydrogens is 296 g/mol. The van der Waals surface area contributed by atoms with Crippen LogP contribution in [0.5, 0.6) is 0 Å². The van der Waals surface area contributed by atoms with Crippen molar-refractivity contribution in [3.63, 3.8) is 0 Å². The molecule has 120 valence electrons. The second-order valence-corrected chi connectivity index (χ2v) is 6.82. The quantitative estimate of drug-likeness (QED) is 0.821. The van der Waals surface area contributed by atoms with Crippen molar-refractivity contribution in [3.8, 4) is 0 Å². The molecule has 0 amide bonds. The highest BCUT2D eigenvalue weighted by Gasteiger charge is 2.29. The molecule has 22 heavy (non-hydrogen) atoms. The van der Waals surface area contributed by atoms with Gasteiger partial charge in [0.2, 0.25) is 0 Å². The Hall–Kier alpha value is -1.24. The summed E-state index contributed by atoms with van der Waals surface area (Å²) in [4.78, 5) is 7.05. The number of aromatic nitrogens is 3. The van der Waals surface area contributed by atoms with E-state index >= 15 is 0 Å². The van der Waals surface area contributed by atoms with Gasteiger partial charge in [-0.15, -0.1) is 11.3 Å². The molecule has 0 unspecified atom stereocenters. The van der Waals surface area contributed by atoms with E-state index in [1.165, 1.54) is 17.0 Å². The number of fused-ring (bicyclic) bond motifs is 1. The zero-order chi connectivity index (χ0) is 15.5. The molecule has 1 atom stereocenters. The lowest BCUT2D eigenvalue weighted by atomic mass is 9.96. The van der Waals surface area contributed by atoms with Crippen molar-refractivity contribution in [1.29, 1.82) is 0 Å². The molecule has 2 aromatic rings. The third-order valence-electron chi connectivity index (χ3n) is 4.09. The van der Waals surface area contributed by atoms with Gasteiger partial charge in [-0.3, -0.25) is 9.58 Å². The van der Waals surface area contributed by atoms with Crippen LogP contribution in [0.2, 0.25) is 0 Å². The van der Waals surface area contributed by atoms with E-state index in [2.05, 4.69) is 45.8 Å². The standard InChI is InChI=1S/C16H24N4OS/c1-4-20-16-13(6-17-20)7-19(8-14(16)10-21-5-2)9-15-11-22-12(3)18-15/h6,11,14H,4-5,7-10H2,1-3H3/t14-/m1/s1. The Balaban J connectivity index is 1.78. The molecule has 3 heterocycles. The van der Waals surface area contributed by atoms with Gasteiger partial charge in [0.05, 0.1) is 23.5 Å². The molecule has 0 N–H and O–H groups in total. The predicted molar refractivity (Wildman–Crippen MR) is 88.1 cm³/mol. The molecule has 1 aliphatic heterocycles. The number of thiazole rings is 1. The molecule has 3 rings (SSSR count). The molecule has 0 fully saturated rings. The second-order valence-electron chi connectivity index (χ2n) is 5.75. The van der Waals surface area contributed by atoms with E-state index in [4.69, 9.17) is 4.74 Å². The first-order valence-electron chi connectivity index (χ1n) is 7.96. The summed E-state index contributed by atoms with van der Waals surface area (Å²) in [5.74, 6) is 0.394. The van der Waals surface area contributed by atoms with E-state index in [0.29, 0.717) is 5.92 Å². The minimum absolute atomic E-state index is 0.394. The first-order chi connectivity index (χ1) is 10.7. The van der Waals surface area contributed by atoms with Crippen LogP contribution in [0.15, 0.2) is 11.6 Å². The zero-order valence-corrected chi connectivity index (χ0v) is 14.4. The van der Waals surface area contributed by atoms with Gasteiger partial charge in [0.15, 0.2) is 0 Å². The highest BCUT2D eigenvalue weighted by molar-refractivity contribution is 7.09. The number of rotatable bonds is 6. The summed E-state index contributed by atoms with van der Waals surface area (Å²) >= 11 is 1.72. The third-order valence-corrected chi connectivity index (χ3v) is 4.92. The molecule has 0 aromatic carbocycles. The van der Waals surface area contributed by atoms with Gasteiger partial charge in [0.25, 0.3) is 0 Å². The summed E-state index contributed by atoms with van der Waals surface area (Å²) in [7, 11) is 0. The third kappa shape index (κ3) is 3.24. The summed E-state index contributed by atoms with van der Waals surface area (Å²) in [6, 6.07) is 0. The molecule has 0 spiro atoms. The first kappa shape index (κ1) is 15.6. The van der Waals surface area contributed by atoms with Gasteiger partial charge in [-0.2, -0.15) is 5.10 Å². The van der Waals surface area contributed by atoms with Crippen molar-refractivity contribution in [2.75, 3.05) is 19.8 Å². The van der Waals surface area contributed by atoms with Crippen LogP contribution in [0.1, 0.15) is 41.7 Å². The summed E-state index contributed by atoms with van der Waals surface area (Å²) in [5.41, 5.74) is 3.87. The summed E-state index contributed by atoms with van der Waals surface area (Å²) < 4.78 is 7.85. The lowest BCUT2D eigenvalue weighted by Crippen LogP contribution is -2.36. The van der Waals surface area contributed by atoms with Crippen molar-refractivity contribution >= 4 is 11.3 Å². The van der Waals surface area contributed by atoms with E-state index < -0.39 is 0 Å². The second kappa shape index (κ2) is 6.89. The SMILES string of the molecule is CCOC[C@H]1CN(Cc2csc(C)n2)Cc2cnn(CC)c21. The Morgan fingerprint density at radius 1 is 1.41 bits per heavy atom. The fraction of sp³-hybridized carbons (Fsp3) is 0.625. The summed E-state index contributed by atoms with van der Waals surface area (Å²) in [6.45, 7) is 11.6. The van der Waals surface area contributed by atoms with Crippen LogP contribution in [0, 0.1) is 6.92 Å². The largest absolute Gasteiger partial charge is 0.381 e. The molecule has 0 bridgehead atoms. The predicted octanol–water partition coefficient (Wildman–Crippen LogP) is 2.80. The van der Waals surface area contributed by atoms with Crippen LogP contribution in [0.25, 0.3) is 0 Å². The number of ether oxygens (including phenoxy) is 1. The van der Waals surface area contributed by atoms with Gasteiger partial charge in [-0.25, -0.2) is 4.98 Å². The van der Waals surface area contributed by atoms with Crippen LogP contribution in [0.4, 0.5) is 0 Å². The van der Waals surface area contributed by atoms with Gasteiger partial charge in [-0.05, 0) is 20.8 Å². The van der Waals surface area contributed by atoms with Crippen LogP contribution < -0.4 is 0 Å². The number of nitrogens with zero attached hydrogens (tertiary/aromatic N) is 4. The zero-order valence-electron chi connectivity index (χ0n) is 13.6. The Morgan fingerprint density at radius 2 is 2.27 bits per heavy atom. The normalized spacial score (nSPS) is 18.6. The molecule has 0 radical (unpaired) electrons. The van der Waals surface area contributed by atoms with Crippen molar-refractivity contribution in [2.24, 2.45) is 0 Å². The van der Waals surface area contributed by atoms with Crippen molar-refractivity contribution < 1.29 is 4.74 Å². The van der Waals surface area contributed by atoms with Gasteiger partial charge >= 0.3 is 0 Å². The van der Waals surface area contributed by atoms with Crippen molar-refractivity contribution in [3.05, 3.63) is 33.5 Å².